The van der Waals surface area contributed by atoms with Crippen LogP contribution in [-0.2, 0) is 17.9 Å². The van der Waals surface area contributed by atoms with Gasteiger partial charge in [-0.1, -0.05) is 36.4 Å². The number of nitrogens with one attached hydrogen (secondary N) is 1. The fraction of sp³-hybridized carbons (Fsp3) is 0.350. The van der Waals surface area contributed by atoms with Gasteiger partial charge >= 0.3 is 0 Å². The summed E-state index contributed by atoms with van der Waals surface area (Å²) in [6.07, 6.45) is 0. The minimum atomic E-state index is -0.192. The Morgan fingerprint density at radius 2 is 1.83 bits per heavy atom. The maximum absolute atomic E-state index is 12.4. The molecule has 2 aromatic rings. The van der Waals surface area contributed by atoms with Crippen molar-refractivity contribution in [2.45, 2.75) is 33.0 Å². The molecule has 0 aliphatic carbocycles. The van der Waals surface area contributed by atoms with Gasteiger partial charge in [-0.05, 0) is 49.7 Å². The first-order valence-corrected chi connectivity index (χ1v) is 8.16. The molecule has 4 nitrogen and oxygen atoms in total. The monoisotopic (exact) mass is 326 g/mol. The van der Waals surface area contributed by atoms with Crippen molar-refractivity contribution in [2.24, 2.45) is 0 Å². The molecule has 0 unspecified atom stereocenters. The molecule has 2 aromatic carbocycles. The van der Waals surface area contributed by atoms with E-state index in [-0.39, 0.29) is 11.9 Å². The van der Waals surface area contributed by atoms with E-state index in [9.17, 15) is 4.79 Å². The fourth-order valence-corrected chi connectivity index (χ4v) is 2.47. The smallest absolute Gasteiger partial charge is 0.237 e. The second-order valence-electron chi connectivity index (χ2n) is 6.08. The maximum atomic E-state index is 12.4. The van der Waals surface area contributed by atoms with E-state index in [1.807, 2.05) is 50.4 Å². The Labute approximate surface area is 144 Å². The summed E-state index contributed by atoms with van der Waals surface area (Å²) in [5, 5.41) is 3.00. The molecule has 0 bridgehead atoms. The van der Waals surface area contributed by atoms with Crippen molar-refractivity contribution < 1.29 is 9.53 Å². The summed E-state index contributed by atoms with van der Waals surface area (Å²) in [5.74, 6) is 0.846. The lowest BCUT2D eigenvalue weighted by atomic mass is 10.1. The van der Waals surface area contributed by atoms with Crippen LogP contribution in [0.1, 0.15) is 23.6 Å². The molecule has 128 valence electrons. The highest BCUT2D eigenvalue weighted by molar-refractivity contribution is 5.81. The number of hydrogen-bond acceptors (Lipinski definition) is 3. The highest BCUT2D eigenvalue weighted by Crippen LogP contribution is 2.13. The van der Waals surface area contributed by atoms with Gasteiger partial charge in [0.2, 0.25) is 5.91 Å². The van der Waals surface area contributed by atoms with Gasteiger partial charge in [-0.25, -0.2) is 0 Å². The van der Waals surface area contributed by atoms with Gasteiger partial charge in [0.15, 0.2) is 0 Å². The molecule has 0 radical (unpaired) electrons. The predicted octanol–water partition coefficient (Wildman–Crippen LogP) is 3.14. The molecule has 0 fully saturated rings. The zero-order valence-electron chi connectivity index (χ0n) is 14.9. The summed E-state index contributed by atoms with van der Waals surface area (Å²) in [6.45, 7) is 5.30. The topological polar surface area (TPSA) is 41.6 Å². The van der Waals surface area contributed by atoms with Crippen LogP contribution in [0.4, 0.5) is 0 Å². The number of rotatable bonds is 7. The van der Waals surface area contributed by atoms with Crippen LogP contribution in [0, 0.1) is 6.92 Å². The minimum absolute atomic E-state index is 0.0295. The Morgan fingerprint density at radius 3 is 2.46 bits per heavy atom. The number of carbonyl (C=O) groups is 1. The van der Waals surface area contributed by atoms with E-state index in [1.165, 1.54) is 11.1 Å². The maximum Gasteiger partial charge on any atom is 0.237 e. The third kappa shape index (κ3) is 4.83. The SMILES string of the molecule is COc1ccc(CNC(=O)[C@H](C)N(C)Cc2ccccc2C)cc1. The molecule has 1 amide bonds. The van der Waals surface area contributed by atoms with E-state index in [0.29, 0.717) is 6.54 Å². The van der Waals surface area contributed by atoms with E-state index in [0.717, 1.165) is 17.9 Å². The average Bonchev–Trinajstić information content (AvgIpc) is 2.61. The summed E-state index contributed by atoms with van der Waals surface area (Å²) in [7, 11) is 3.62. The third-order valence-electron chi connectivity index (χ3n) is 4.35. The number of amides is 1. The Balaban J connectivity index is 1.87. The average molecular weight is 326 g/mol. The van der Waals surface area contributed by atoms with E-state index in [1.54, 1.807) is 7.11 Å². The second kappa shape index (κ2) is 8.50. The molecule has 1 atom stereocenters. The van der Waals surface area contributed by atoms with Crippen LogP contribution in [0.25, 0.3) is 0 Å². The zero-order chi connectivity index (χ0) is 17.5. The number of aryl methyl sites for hydroxylation is 1. The first kappa shape index (κ1) is 18.0. The molecular weight excluding hydrogens is 300 g/mol. The number of ether oxygens (including phenoxy) is 1. The summed E-state index contributed by atoms with van der Waals surface area (Å²) < 4.78 is 5.14. The molecule has 0 saturated carbocycles. The van der Waals surface area contributed by atoms with Crippen LogP contribution in [0.2, 0.25) is 0 Å². The van der Waals surface area contributed by atoms with E-state index >= 15 is 0 Å². The largest absolute Gasteiger partial charge is 0.497 e. The summed E-state index contributed by atoms with van der Waals surface area (Å²) in [4.78, 5) is 14.4. The van der Waals surface area contributed by atoms with Crippen molar-refractivity contribution in [3.63, 3.8) is 0 Å². The third-order valence-corrected chi connectivity index (χ3v) is 4.35. The zero-order valence-corrected chi connectivity index (χ0v) is 14.9. The Bertz CT molecular complexity index is 668. The Morgan fingerprint density at radius 1 is 1.17 bits per heavy atom. The predicted molar refractivity (Wildman–Crippen MR) is 96.9 cm³/mol. The number of methoxy groups -OCH3 is 1. The number of hydrogen-bond donors (Lipinski definition) is 1. The Hall–Kier alpha value is -2.33. The van der Waals surface area contributed by atoms with E-state index in [2.05, 4.69) is 29.3 Å². The van der Waals surface area contributed by atoms with Crippen molar-refractivity contribution in [2.75, 3.05) is 14.2 Å². The van der Waals surface area contributed by atoms with Gasteiger partial charge in [0.25, 0.3) is 0 Å². The van der Waals surface area contributed by atoms with Crippen molar-refractivity contribution in [3.05, 3.63) is 65.2 Å². The standard InChI is InChI=1S/C20H26N2O2/c1-15-7-5-6-8-18(15)14-22(3)16(2)20(23)21-13-17-9-11-19(24-4)12-10-17/h5-12,16H,13-14H2,1-4H3,(H,21,23)/t16-/m0/s1. The summed E-state index contributed by atoms with van der Waals surface area (Å²) in [6, 6.07) is 15.8. The lowest BCUT2D eigenvalue weighted by molar-refractivity contribution is -0.125. The molecule has 0 spiro atoms. The first-order valence-electron chi connectivity index (χ1n) is 8.16. The molecule has 4 heteroatoms. The molecular formula is C20H26N2O2. The molecule has 0 saturated heterocycles. The van der Waals surface area contributed by atoms with Gasteiger partial charge < -0.3 is 10.1 Å². The normalized spacial score (nSPS) is 12.0. The van der Waals surface area contributed by atoms with Crippen molar-refractivity contribution in [3.8, 4) is 5.75 Å². The van der Waals surface area contributed by atoms with Gasteiger partial charge in [-0.2, -0.15) is 0 Å². The van der Waals surface area contributed by atoms with E-state index < -0.39 is 0 Å². The van der Waals surface area contributed by atoms with Gasteiger partial charge in [0, 0.05) is 13.1 Å². The molecule has 24 heavy (non-hydrogen) atoms. The minimum Gasteiger partial charge on any atom is -0.497 e. The van der Waals surface area contributed by atoms with Crippen molar-refractivity contribution in [1.82, 2.24) is 10.2 Å². The molecule has 1 N–H and O–H groups in total. The number of carbonyl (C=O) groups excluding carboxylic acids is 1. The first-order chi connectivity index (χ1) is 11.5. The fourth-order valence-electron chi connectivity index (χ4n) is 2.47. The van der Waals surface area contributed by atoms with Crippen LogP contribution in [-0.4, -0.2) is 31.0 Å². The van der Waals surface area contributed by atoms with Crippen LogP contribution >= 0.6 is 0 Å². The second-order valence-corrected chi connectivity index (χ2v) is 6.08. The van der Waals surface area contributed by atoms with E-state index in [4.69, 9.17) is 4.74 Å². The van der Waals surface area contributed by atoms with Gasteiger partial charge in [0.05, 0.1) is 13.2 Å². The van der Waals surface area contributed by atoms with Crippen LogP contribution in [0.15, 0.2) is 48.5 Å². The van der Waals surface area contributed by atoms with Crippen LogP contribution in [0.3, 0.4) is 0 Å². The van der Waals surface area contributed by atoms with Crippen LogP contribution < -0.4 is 10.1 Å². The van der Waals surface area contributed by atoms with Crippen molar-refractivity contribution >= 4 is 5.91 Å². The van der Waals surface area contributed by atoms with Gasteiger partial charge in [-0.3, -0.25) is 9.69 Å². The van der Waals surface area contributed by atoms with Gasteiger partial charge in [0.1, 0.15) is 5.75 Å². The molecule has 0 aromatic heterocycles. The van der Waals surface area contributed by atoms with Crippen molar-refractivity contribution in [1.29, 1.82) is 0 Å². The summed E-state index contributed by atoms with van der Waals surface area (Å²) >= 11 is 0. The highest BCUT2D eigenvalue weighted by atomic mass is 16.5. The number of likely N-dealkylation sites (N-methyl/N-ethyl adjacent to an activating group) is 1. The Kier molecular flexibility index (Phi) is 6.38. The molecule has 0 aliphatic rings. The lowest BCUT2D eigenvalue weighted by Gasteiger charge is -2.24. The highest BCUT2D eigenvalue weighted by Gasteiger charge is 2.18. The number of nitrogens with zero attached hydrogens (tertiary/aromatic N) is 1. The molecule has 0 aliphatic heterocycles. The molecule has 2 rings (SSSR count). The number of benzene rings is 2. The summed E-state index contributed by atoms with van der Waals surface area (Å²) in [5.41, 5.74) is 3.54. The molecule has 0 heterocycles. The van der Waals surface area contributed by atoms with Gasteiger partial charge in [-0.15, -0.1) is 0 Å². The van der Waals surface area contributed by atoms with Crippen LogP contribution in [0.5, 0.6) is 5.75 Å². The quantitative estimate of drug-likeness (QED) is 0.850. The lowest BCUT2D eigenvalue weighted by Crippen LogP contribution is -2.42.